The highest BCUT2D eigenvalue weighted by Crippen LogP contribution is 2.39. The minimum absolute atomic E-state index is 0.202. The fraction of sp³-hybridized carbons (Fsp3) is 0.333. The van der Waals surface area contributed by atoms with Crippen molar-refractivity contribution >= 4 is 12.2 Å². The molecule has 2 aromatic carbocycles. The van der Waals surface area contributed by atoms with Crippen molar-refractivity contribution in [2.75, 3.05) is 7.05 Å². The third kappa shape index (κ3) is 4.34. The van der Waals surface area contributed by atoms with Gasteiger partial charge in [0.1, 0.15) is 18.2 Å². The van der Waals surface area contributed by atoms with E-state index >= 15 is 0 Å². The largest absolute Gasteiger partial charge is 0.315 e. The molecule has 1 atom stereocenters. The van der Waals surface area contributed by atoms with Gasteiger partial charge in [0.05, 0.1) is 13.6 Å². The molecule has 0 spiro atoms. The van der Waals surface area contributed by atoms with E-state index in [0.29, 0.717) is 12.6 Å². The Balaban J connectivity index is 1.53. The number of nitrogens with one attached hydrogen (secondary N) is 1. The van der Waals surface area contributed by atoms with E-state index < -0.39 is 0 Å². The third-order valence-corrected chi connectivity index (χ3v) is 5.35. The number of hydrogen-bond acceptors (Lipinski definition) is 2. The van der Waals surface area contributed by atoms with E-state index in [1.165, 1.54) is 35.4 Å². The first-order valence-electron chi connectivity index (χ1n) is 9.37. The second kappa shape index (κ2) is 7.74. The van der Waals surface area contributed by atoms with E-state index in [1.54, 1.807) is 0 Å². The summed E-state index contributed by atoms with van der Waals surface area (Å²) in [6, 6.07) is 17.1. The number of quaternary nitrogens is 1. The Morgan fingerprint density at radius 2 is 1.78 bits per heavy atom. The molecule has 1 aliphatic carbocycles. The minimum atomic E-state index is -0.202. The maximum atomic E-state index is 13.1. The van der Waals surface area contributed by atoms with Gasteiger partial charge in [0.2, 0.25) is 4.77 Å². The van der Waals surface area contributed by atoms with E-state index in [4.69, 9.17) is 17.3 Å². The molecule has 0 bridgehead atoms. The predicted molar refractivity (Wildman–Crippen MR) is 106 cm³/mol. The average Bonchev–Trinajstić information content (AvgIpc) is 3.46. The smallest absolute Gasteiger partial charge is 0.203 e. The molecular weight excluding hydrogens is 359 g/mol. The van der Waals surface area contributed by atoms with Crippen molar-refractivity contribution < 1.29 is 9.29 Å². The molecule has 0 radical (unpaired) electrons. The molecule has 27 heavy (non-hydrogen) atoms. The van der Waals surface area contributed by atoms with E-state index in [1.807, 2.05) is 22.9 Å². The van der Waals surface area contributed by atoms with Crippen LogP contribution >= 0.6 is 12.2 Å². The highest BCUT2D eigenvalue weighted by atomic mass is 32.1. The van der Waals surface area contributed by atoms with Gasteiger partial charge in [0, 0.05) is 11.5 Å². The van der Waals surface area contributed by atoms with Gasteiger partial charge in [-0.15, -0.1) is 0 Å². The summed E-state index contributed by atoms with van der Waals surface area (Å²) in [7, 11) is 2.11. The Kier molecular flexibility index (Phi) is 5.18. The van der Waals surface area contributed by atoms with Crippen LogP contribution in [0.5, 0.6) is 0 Å². The van der Waals surface area contributed by atoms with Gasteiger partial charge in [0.25, 0.3) is 0 Å². The minimum Gasteiger partial charge on any atom is -0.315 e. The Hall–Kier alpha value is -2.31. The van der Waals surface area contributed by atoms with Gasteiger partial charge >= 0.3 is 0 Å². The maximum absolute atomic E-state index is 13.1. The lowest BCUT2D eigenvalue weighted by Crippen LogP contribution is -3.07. The molecule has 140 valence electrons. The van der Waals surface area contributed by atoms with Crippen LogP contribution in [0.2, 0.25) is 0 Å². The van der Waals surface area contributed by atoms with Crippen molar-refractivity contribution in [3.63, 3.8) is 0 Å². The Labute approximate surface area is 163 Å². The highest BCUT2D eigenvalue weighted by Gasteiger charge is 2.30. The van der Waals surface area contributed by atoms with Gasteiger partial charge in [-0.05, 0) is 42.8 Å². The predicted octanol–water partition coefficient (Wildman–Crippen LogP) is 3.15. The van der Waals surface area contributed by atoms with Crippen molar-refractivity contribution in [1.29, 1.82) is 0 Å². The van der Waals surface area contributed by atoms with Crippen LogP contribution in [0.25, 0.3) is 0 Å². The number of benzene rings is 2. The summed E-state index contributed by atoms with van der Waals surface area (Å²) in [5.74, 6) is 1.44. The van der Waals surface area contributed by atoms with E-state index in [-0.39, 0.29) is 5.82 Å². The SMILES string of the molecule is C[NH+](Cc1ccc(F)cc1)Cn1nc(C2CC2)n(Cc2ccccc2)c1=S. The average molecular weight is 384 g/mol. The molecule has 1 heterocycles. The van der Waals surface area contributed by atoms with Crippen molar-refractivity contribution in [3.8, 4) is 0 Å². The lowest BCUT2D eigenvalue weighted by molar-refractivity contribution is -0.917. The zero-order valence-electron chi connectivity index (χ0n) is 15.4. The fourth-order valence-corrected chi connectivity index (χ4v) is 3.64. The van der Waals surface area contributed by atoms with Crippen molar-refractivity contribution in [2.45, 2.75) is 38.5 Å². The zero-order chi connectivity index (χ0) is 18.8. The Bertz CT molecular complexity index is 958. The van der Waals surface area contributed by atoms with Gasteiger partial charge in [0.15, 0.2) is 6.67 Å². The van der Waals surface area contributed by atoms with Crippen LogP contribution in [0, 0.1) is 10.6 Å². The molecule has 1 unspecified atom stereocenters. The highest BCUT2D eigenvalue weighted by molar-refractivity contribution is 7.71. The summed E-state index contributed by atoms with van der Waals surface area (Å²) in [4.78, 5) is 1.25. The van der Waals surface area contributed by atoms with Gasteiger partial charge in [-0.3, -0.25) is 4.57 Å². The van der Waals surface area contributed by atoms with Gasteiger partial charge in [-0.2, -0.15) is 9.78 Å². The summed E-state index contributed by atoms with van der Waals surface area (Å²) in [5, 5.41) is 4.86. The van der Waals surface area contributed by atoms with E-state index in [2.05, 4.69) is 35.9 Å². The topological polar surface area (TPSA) is 27.2 Å². The van der Waals surface area contributed by atoms with Crippen LogP contribution in [0.1, 0.15) is 35.7 Å². The number of rotatable bonds is 7. The maximum Gasteiger partial charge on any atom is 0.203 e. The van der Waals surface area contributed by atoms with Gasteiger partial charge in [-0.25, -0.2) is 4.39 Å². The van der Waals surface area contributed by atoms with Gasteiger partial charge in [-0.1, -0.05) is 42.5 Å². The standard InChI is InChI=1S/C21H23FN4S/c1-24(13-17-7-11-19(22)12-8-17)15-26-21(27)25(20(23-26)18-9-10-18)14-16-5-3-2-4-6-16/h2-8,11-12,18H,9-10,13-15H2,1H3/p+1. The molecule has 1 fully saturated rings. The fourth-order valence-electron chi connectivity index (χ4n) is 3.38. The summed E-state index contributed by atoms with van der Waals surface area (Å²) in [6.07, 6.45) is 2.39. The number of nitrogens with zero attached hydrogens (tertiary/aromatic N) is 3. The Morgan fingerprint density at radius 1 is 1.07 bits per heavy atom. The van der Waals surface area contributed by atoms with Crippen LogP contribution in [0.4, 0.5) is 4.39 Å². The van der Waals surface area contributed by atoms with Crippen LogP contribution < -0.4 is 4.90 Å². The van der Waals surface area contributed by atoms with Crippen LogP contribution in [-0.2, 0) is 19.8 Å². The molecule has 0 aliphatic heterocycles. The summed E-state index contributed by atoms with van der Waals surface area (Å²) in [6.45, 7) is 2.26. The normalized spacial score (nSPS) is 15.0. The molecule has 6 heteroatoms. The lowest BCUT2D eigenvalue weighted by atomic mass is 10.2. The first-order valence-corrected chi connectivity index (χ1v) is 9.78. The molecule has 4 rings (SSSR count). The lowest BCUT2D eigenvalue weighted by Gasteiger charge is -2.13. The molecule has 1 saturated carbocycles. The second-order valence-corrected chi connectivity index (χ2v) is 7.77. The van der Waals surface area contributed by atoms with E-state index in [0.717, 1.165) is 29.2 Å². The number of aromatic nitrogens is 3. The van der Waals surface area contributed by atoms with Crippen LogP contribution in [-0.4, -0.2) is 21.4 Å². The molecular formula is C21H24FN4S+. The van der Waals surface area contributed by atoms with Crippen molar-refractivity contribution in [2.24, 2.45) is 0 Å². The third-order valence-electron chi connectivity index (χ3n) is 4.92. The monoisotopic (exact) mass is 383 g/mol. The molecule has 3 aromatic rings. The first-order chi connectivity index (χ1) is 13.1. The van der Waals surface area contributed by atoms with Crippen molar-refractivity contribution in [3.05, 3.63) is 82.1 Å². The van der Waals surface area contributed by atoms with Crippen LogP contribution in [0.15, 0.2) is 54.6 Å². The molecule has 1 aliphatic rings. The number of hydrogen-bond donors (Lipinski definition) is 1. The molecule has 0 saturated heterocycles. The van der Waals surface area contributed by atoms with Crippen molar-refractivity contribution in [1.82, 2.24) is 14.3 Å². The number of halogens is 1. The zero-order valence-corrected chi connectivity index (χ0v) is 16.3. The summed E-state index contributed by atoms with van der Waals surface area (Å²) in [5.41, 5.74) is 2.34. The first kappa shape index (κ1) is 18.1. The van der Waals surface area contributed by atoms with E-state index in [9.17, 15) is 4.39 Å². The summed E-state index contributed by atoms with van der Waals surface area (Å²) < 4.78 is 18.0. The molecule has 0 amide bonds. The molecule has 1 N–H and O–H groups in total. The molecule has 4 nitrogen and oxygen atoms in total. The quantitative estimate of drug-likeness (QED) is 0.635. The van der Waals surface area contributed by atoms with Crippen LogP contribution in [0.3, 0.4) is 0 Å². The second-order valence-electron chi connectivity index (χ2n) is 7.40. The Morgan fingerprint density at radius 3 is 2.44 bits per heavy atom. The summed E-state index contributed by atoms with van der Waals surface area (Å²) >= 11 is 5.76. The molecule has 1 aromatic heterocycles. The van der Waals surface area contributed by atoms with Gasteiger partial charge < -0.3 is 4.90 Å².